The van der Waals surface area contributed by atoms with Crippen LogP contribution in [-0.4, -0.2) is 22.4 Å². The van der Waals surface area contributed by atoms with E-state index in [0.29, 0.717) is 6.54 Å². The van der Waals surface area contributed by atoms with E-state index in [1.165, 1.54) is 12.4 Å². The van der Waals surface area contributed by atoms with E-state index in [1.54, 1.807) is 0 Å². The van der Waals surface area contributed by atoms with Crippen molar-refractivity contribution in [3.05, 3.63) is 23.2 Å². The van der Waals surface area contributed by atoms with Crippen molar-refractivity contribution in [3.63, 3.8) is 0 Å². The molecule has 0 saturated heterocycles. The van der Waals surface area contributed by atoms with Crippen LogP contribution in [0.25, 0.3) is 0 Å². The monoisotopic (exact) mass is 241 g/mol. The van der Waals surface area contributed by atoms with Gasteiger partial charge in [0, 0.05) is 6.54 Å². The second kappa shape index (κ2) is 5.25. The first-order valence-corrected chi connectivity index (χ1v) is 5.58. The molecular formula is C11H16ClN3O. The van der Waals surface area contributed by atoms with Gasteiger partial charge in [-0.05, 0) is 11.8 Å². The number of rotatable bonds is 4. The molecule has 1 rings (SSSR count). The Morgan fingerprint density at radius 3 is 2.62 bits per heavy atom. The highest BCUT2D eigenvalue weighted by atomic mass is 35.5. The lowest BCUT2D eigenvalue weighted by Crippen LogP contribution is -2.34. The molecule has 0 aliphatic rings. The van der Waals surface area contributed by atoms with Crippen molar-refractivity contribution < 1.29 is 4.79 Å². The summed E-state index contributed by atoms with van der Waals surface area (Å²) in [6.45, 7) is 6.91. The topological polar surface area (TPSA) is 54.9 Å². The molecule has 0 saturated carbocycles. The van der Waals surface area contributed by atoms with E-state index in [1.807, 2.05) is 0 Å². The van der Waals surface area contributed by atoms with Crippen LogP contribution in [0.2, 0.25) is 5.15 Å². The minimum Gasteiger partial charge on any atom is -0.350 e. The average molecular weight is 242 g/mol. The predicted molar refractivity (Wildman–Crippen MR) is 63.4 cm³/mol. The third-order valence-corrected chi connectivity index (χ3v) is 2.73. The molecule has 0 fully saturated rings. The van der Waals surface area contributed by atoms with E-state index in [9.17, 15) is 4.79 Å². The third kappa shape index (κ3) is 3.77. The average Bonchev–Trinajstić information content (AvgIpc) is 2.27. The first kappa shape index (κ1) is 12.9. The van der Waals surface area contributed by atoms with Gasteiger partial charge in [-0.25, -0.2) is 9.97 Å². The Morgan fingerprint density at radius 1 is 1.44 bits per heavy atom. The van der Waals surface area contributed by atoms with Crippen LogP contribution in [0, 0.1) is 5.41 Å². The molecule has 5 heteroatoms. The van der Waals surface area contributed by atoms with Gasteiger partial charge in [0.1, 0.15) is 10.8 Å². The molecular weight excluding hydrogens is 226 g/mol. The van der Waals surface area contributed by atoms with Crippen molar-refractivity contribution in [1.82, 2.24) is 15.3 Å². The molecule has 0 aromatic carbocycles. The molecule has 1 aromatic heterocycles. The Kier molecular flexibility index (Phi) is 4.24. The van der Waals surface area contributed by atoms with Gasteiger partial charge in [0.2, 0.25) is 0 Å². The van der Waals surface area contributed by atoms with Gasteiger partial charge in [0.05, 0.1) is 12.4 Å². The van der Waals surface area contributed by atoms with Gasteiger partial charge in [-0.1, -0.05) is 32.4 Å². The van der Waals surface area contributed by atoms with Crippen molar-refractivity contribution in [3.8, 4) is 0 Å². The molecule has 1 aromatic rings. The molecule has 1 amide bonds. The highest BCUT2D eigenvalue weighted by Gasteiger charge is 2.17. The largest absolute Gasteiger partial charge is 0.350 e. The lowest BCUT2D eigenvalue weighted by atomic mass is 9.90. The Labute approximate surface area is 100 Å². The van der Waals surface area contributed by atoms with E-state index in [0.717, 1.165) is 6.42 Å². The van der Waals surface area contributed by atoms with E-state index in [-0.39, 0.29) is 22.2 Å². The van der Waals surface area contributed by atoms with Gasteiger partial charge in [0.25, 0.3) is 5.91 Å². The van der Waals surface area contributed by atoms with Crippen molar-refractivity contribution in [2.45, 2.75) is 27.2 Å². The van der Waals surface area contributed by atoms with Gasteiger partial charge in [0.15, 0.2) is 0 Å². The maximum Gasteiger partial charge on any atom is 0.271 e. The maximum atomic E-state index is 11.7. The minimum atomic E-state index is -0.217. The fourth-order valence-electron chi connectivity index (χ4n) is 0.965. The van der Waals surface area contributed by atoms with Crippen LogP contribution in [0.15, 0.2) is 12.4 Å². The highest BCUT2D eigenvalue weighted by Crippen LogP contribution is 2.17. The third-order valence-electron chi connectivity index (χ3n) is 2.54. The van der Waals surface area contributed by atoms with Gasteiger partial charge >= 0.3 is 0 Å². The number of carbonyl (C=O) groups is 1. The van der Waals surface area contributed by atoms with E-state index >= 15 is 0 Å². The summed E-state index contributed by atoms with van der Waals surface area (Å²) in [5.74, 6) is -0.217. The molecule has 88 valence electrons. The van der Waals surface area contributed by atoms with Gasteiger partial charge in [-0.2, -0.15) is 0 Å². The highest BCUT2D eigenvalue weighted by molar-refractivity contribution is 6.29. The zero-order chi connectivity index (χ0) is 12.2. The first-order valence-electron chi connectivity index (χ1n) is 5.20. The molecule has 0 unspecified atom stereocenters. The zero-order valence-electron chi connectivity index (χ0n) is 9.75. The Morgan fingerprint density at radius 2 is 2.12 bits per heavy atom. The van der Waals surface area contributed by atoms with Gasteiger partial charge in [-0.15, -0.1) is 0 Å². The summed E-state index contributed by atoms with van der Waals surface area (Å²) in [5, 5.41) is 3.11. The van der Waals surface area contributed by atoms with Crippen LogP contribution in [-0.2, 0) is 0 Å². The van der Waals surface area contributed by atoms with Crippen LogP contribution in [0.5, 0.6) is 0 Å². The van der Waals surface area contributed by atoms with Gasteiger partial charge in [-0.3, -0.25) is 4.79 Å². The number of hydrogen-bond acceptors (Lipinski definition) is 3. The summed E-state index contributed by atoms with van der Waals surface area (Å²) >= 11 is 5.58. The van der Waals surface area contributed by atoms with Crippen LogP contribution in [0.1, 0.15) is 37.7 Å². The molecule has 1 heterocycles. The summed E-state index contributed by atoms with van der Waals surface area (Å²) in [6, 6.07) is 0. The zero-order valence-corrected chi connectivity index (χ0v) is 10.5. The van der Waals surface area contributed by atoms with E-state index < -0.39 is 0 Å². The number of halogens is 1. The first-order chi connectivity index (χ1) is 7.44. The SMILES string of the molecule is CCC(C)(C)CNC(=O)c1cnc(Cl)cn1. The Balaban J connectivity index is 2.56. The normalized spacial score (nSPS) is 11.2. The van der Waals surface area contributed by atoms with Crippen molar-refractivity contribution in [1.29, 1.82) is 0 Å². The molecule has 16 heavy (non-hydrogen) atoms. The summed E-state index contributed by atoms with van der Waals surface area (Å²) in [6.07, 6.45) is 3.73. The minimum absolute atomic E-state index is 0.0928. The number of hydrogen-bond donors (Lipinski definition) is 1. The lowest BCUT2D eigenvalue weighted by Gasteiger charge is -2.22. The second-order valence-corrected chi connectivity index (χ2v) is 4.81. The van der Waals surface area contributed by atoms with Crippen molar-refractivity contribution >= 4 is 17.5 Å². The Hall–Kier alpha value is -1.16. The summed E-state index contributed by atoms with van der Waals surface area (Å²) < 4.78 is 0. The van der Waals surface area contributed by atoms with Crippen molar-refractivity contribution in [2.24, 2.45) is 5.41 Å². The molecule has 0 aliphatic heterocycles. The summed E-state index contributed by atoms with van der Waals surface area (Å²) in [4.78, 5) is 19.4. The fraction of sp³-hybridized carbons (Fsp3) is 0.545. The van der Waals surface area contributed by atoms with Crippen molar-refractivity contribution in [2.75, 3.05) is 6.54 Å². The van der Waals surface area contributed by atoms with Crippen LogP contribution in [0.4, 0.5) is 0 Å². The lowest BCUT2D eigenvalue weighted by molar-refractivity contribution is 0.0930. The molecule has 4 nitrogen and oxygen atoms in total. The predicted octanol–water partition coefficient (Wildman–Crippen LogP) is 2.30. The summed E-state index contributed by atoms with van der Waals surface area (Å²) in [7, 11) is 0. The molecule has 1 N–H and O–H groups in total. The smallest absolute Gasteiger partial charge is 0.271 e. The molecule has 0 radical (unpaired) electrons. The molecule has 0 spiro atoms. The number of carbonyl (C=O) groups excluding carboxylic acids is 1. The number of aromatic nitrogens is 2. The quantitative estimate of drug-likeness (QED) is 0.880. The maximum absolute atomic E-state index is 11.7. The van der Waals surface area contributed by atoms with E-state index in [4.69, 9.17) is 11.6 Å². The number of nitrogens with one attached hydrogen (secondary N) is 1. The molecule has 0 atom stereocenters. The summed E-state index contributed by atoms with van der Waals surface area (Å²) in [5.41, 5.74) is 0.381. The van der Waals surface area contributed by atoms with Crippen LogP contribution < -0.4 is 5.32 Å². The van der Waals surface area contributed by atoms with E-state index in [2.05, 4.69) is 36.1 Å². The Bertz CT molecular complexity index is 362. The number of nitrogens with zero attached hydrogens (tertiary/aromatic N) is 2. The van der Waals surface area contributed by atoms with Crippen LogP contribution >= 0.6 is 11.6 Å². The number of amides is 1. The van der Waals surface area contributed by atoms with Gasteiger partial charge < -0.3 is 5.32 Å². The van der Waals surface area contributed by atoms with Crippen LogP contribution in [0.3, 0.4) is 0 Å². The standard InChI is InChI=1S/C11H16ClN3O/c1-4-11(2,3)7-15-10(16)8-5-14-9(12)6-13-8/h5-6H,4,7H2,1-3H3,(H,15,16). The fourth-order valence-corrected chi connectivity index (χ4v) is 1.06. The molecule has 0 bridgehead atoms. The molecule has 0 aliphatic carbocycles. The second-order valence-electron chi connectivity index (χ2n) is 4.42.